The first-order chi connectivity index (χ1) is 11.0. The highest BCUT2D eigenvalue weighted by Crippen LogP contribution is 2.31. The number of carbonyl (C=O) groups excluding carboxylic acids is 1. The molecule has 23 heavy (non-hydrogen) atoms. The van der Waals surface area contributed by atoms with Crippen molar-refractivity contribution >= 4 is 21.8 Å². The summed E-state index contributed by atoms with van der Waals surface area (Å²) in [6.07, 6.45) is 0. The maximum atomic E-state index is 13.8. The van der Waals surface area contributed by atoms with E-state index in [1.165, 1.54) is 11.0 Å². The van der Waals surface area contributed by atoms with Crippen molar-refractivity contribution in [1.29, 1.82) is 0 Å². The molecule has 2 aromatic rings. The summed E-state index contributed by atoms with van der Waals surface area (Å²) in [5, 5.41) is 0. The minimum Gasteiger partial charge on any atom is -0.486 e. The summed E-state index contributed by atoms with van der Waals surface area (Å²) in [5.41, 5.74) is 0.930. The summed E-state index contributed by atoms with van der Waals surface area (Å²) in [5.74, 6) is 0.647. The van der Waals surface area contributed by atoms with E-state index in [0.717, 1.165) is 4.47 Å². The van der Waals surface area contributed by atoms with Crippen molar-refractivity contribution < 1.29 is 18.7 Å². The molecule has 0 unspecified atom stereocenters. The molecule has 0 aromatic heterocycles. The molecule has 0 atom stereocenters. The second-order valence-electron chi connectivity index (χ2n) is 5.26. The molecule has 0 saturated carbocycles. The Morgan fingerprint density at radius 1 is 1.17 bits per heavy atom. The molecule has 3 rings (SSSR count). The van der Waals surface area contributed by atoms with Crippen LogP contribution in [0.4, 0.5) is 4.39 Å². The van der Waals surface area contributed by atoms with Gasteiger partial charge in [-0.1, -0.05) is 15.9 Å². The van der Waals surface area contributed by atoms with Gasteiger partial charge in [0.25, 0.3) is 5.91 Å². The molecule has 0 aliphatic carbocycles. The van der Waals surface area contributed by atoms with E-state index in [9.17, 15) is 9.18 Å². The summed E-state index contributed by atoms with van der Waals surface area (Å²) in [6, 6.07) is 9.73. The third-order valence-electron chi connectivity index (χ3n) is 3.55. The van der Waals surface area contributed by atoms with Crippen LogP contribution in [-0.4, -0.2) is 31.1 Å². The lowest BCUT2D eigenvalue weighted by atomic mass is 10.1. The van der Waals surface area contributed by atoms with E-state index in [0.29, 0.717) is 35.8 Å². The molecular formula is C17H15BrFNO3. The van der Waals surface area contributed by atoms with Crippen molar-refractivity contribution in [3.63, 3.8) is 0 Å². The number of carbonyl (C=O) groups is 1. The molecule has 0 fully saturated rings. The van der Waals surface area contributed by atoms with E-state index in [2.05, 4.69) is 15.9 Å². The quantitative estimate of drug-likeness (QED) is 0.817. The van der Waals surface area contributed by atoms with Crippen molar-refractivity contribution in [3.05, 3.63) is 57.8 Å². The van der Waals surface area contributed by atoms with Crippen LogP contribution in [0.5, 0.6) is 11.5 Å². The lowest BCUT2D eigenvalue weighted by molar-refractivity contribution is 0.0782. The highest BCUT2D eigenvalue weighted by atomic mass is 79.9. The first-order valence-corrected chi connectivity index (χ1v) is 7.93. The number of amides is 1. The fraction of sp³-hybridized carbons (Fsp3) is 0.235. The monoisotopic (exact) mass is 379 g/mol. The number of ether oxygens (including phenoxy) is 2. The largest absolute Gasteiger partial charge is 0.486 e. The molecule has 2 aromatic carbocycles. The van der Waals surface area contributed by atoms with Crippen LogP contribution in [0.2, 0.25) is 0 Å². The number of rotatable bonds is 3. The van der Waals surface area contributed by atoms with E-state index in [-0.39, 0.29) is 18.3 Å². The van der Waals surface area contributed by atoms with Gasteiger partial charge < -0.3 is 14.4 Å². The zero-order chi connectivity index (χ0) is 16.4. The first kappa shape index (κ1) is 15.8. The van der Waals surface area contributed by atoms with Gasteiger partial charge >= 0.3 is 0 Å². The summed E-state index contributed by atoms with van der Waals surface area (Å²) in [6.45, 7) is 1.14. The van der Waals surface area contributed by atoms with Crippen LogP contribution < -0.4 is 9.47 Å². The van der Waals surface area contributed by atoms with Gasteiger partial charge in [-0.05, 0) is 36.4 Å². The number of halogens is 2. The van der Waals surface area contributed by atoms with Crippen molar-refractivity contribution in [2.45, 2.75) is 6.54 Å². The Hall–Kier alpha value is -2.08. The van der Waals surface area contributed by atoms with Crippen LogP contribution in [0, 0.1) is 5.82 Å². The molecule has 0 bridgehead atoms. The molecule has 4 nitrogen and oxygen atoms in total. The van der Waals surface area contributed by atoms with Crippen molar-refractivity contribution in [2.24, 2.45) is 0 Å². The molecule has 0 N–H and O–H groups in total. The van der Waals surface area contributed by atoms with Gasteiger partial charge in [0.05, 0.1) is 0 Å². The molecule has 6 heteroatoms. The number of hydrogen-bond donors (Lipinski definition) is 0. The molecule has 120 valence electrons. The molecule has 1 amide bonds. The molecule has 0 spiro atoms. The number of fused-ring (bicyclic) bond motifs is 1. The minimum atomic E-state index is -0.338. The Kier molecular flexibility index (Phi) is 4.52. The van der Waals surface area contributed by atoms with E-state index < -0.39 is 0 Å². The predicted molar refractivity (Wildman–Crippen MR) is 87.3 cm³/mol. The van der Waals surface area contributed by atoms with Gasteiger partial charge in [0.2, 0.25) is 0 Å². The smallest absolute Gasteiger partial charge is 0.254 e. The summed E-state index contributed by atoms with van der Waals surface area (Å²) in [7, 11) is 1.64. The van der Waals surface area contributed by atoms with E-state index in [1.54, 1.807) is 37.4 Å². The second kappa shape index (κ2) is 6.58. The van der Waals surface area contributed by atoms with Crippen molar-refractivity contribution in [1.82, 2.24) is 4.90 Å². The van der Waals surface area contributed by atoms with E-state index in [1.807, 2.05) is 0 Å². The molecular weight excluding hydrogens is 365 g/mol. The zero-order valence-corrected chi connectivity index (χ0v) is 14.1. The average Bonchev–Trinajstić information content (AvgIpc) is 2.57. The SMILES string of the molecule is CN(Cc1cc(Br)ccc1F)C(=O)c1ccc2c(c1)OCCO2. The lowest BCUT2D eigenvalue weighted by Crippen LogP contribution is -2.27. The fourth-order valence-electron chi connectivity index (χ4n) is 2.39. The van der Waals surface area contributed by atoms with Gasteiger partial charge in [-0.2, -0.15) is 0 Å². The average molecular weight is 380 g/mol. The maximum Gasteiger partial charge on any atom is 0.254 e. The van der Waals surface area contributed by atoms with Gasteiger partial charge in [-0.15, -0.1) is 0 Å². The highest BCUT2D eigenvalue weighted by molar-refractivity contribution is 9.10. The standard InChI is InChI=1S/C17H15BrFNO3/c1-20(10-12-8-13(18)3-4-14(12)19)17(21)11-2-5-15-16(9-11)23-7-6-22-15/h2-5,8-9H,6-7,10H2,1H3. The molecule has 1 aliphatic heterocycles. The Bertz CT molecular complexity index is 751. The summed E-state index contributed by atoms with van der Waals surface area (Å²) in [4.78, 5) is 14.0. The van der Waals surface area contributed by atoms with Crippen LogP contribution in [0.25, 0.3) is 0 Å². The molecule has 1 heterocycles. The molecule has 1 aliphatic rings. The third kappa shape index (κ3) is 3.47. The molecule has 0 radical (unpaired) electrons. The normalized spacial score (nSPS) is 12.8. The third-order valence-corrected chi connectivity index (χ3v) is 4.04. The zero-order valence-electron chi connectivity index (χ0n) is 12.5. The van der Waals surface area contributed by atoms with E-state index in [4.69, 9.17) is 9.47 Å². The Labute approximate surface area is 141 Å². The van der Waals surface area contributed by atoms with Crippen LogP contribution in [-0.2, 0) is 6.54 Å². The van der Waals surface area contributed by atoms with Gasteiger partial charge in [0, 0.05) is 29.2 Å². The van der Waals surface area contributed by atoms with Crippen LogP contribution in [0.15, 0.2) is 40.9 Å². The number of nitrogens with zero attached hydrogens (tertiary/aromatic N) is 1. The number of hydrogen-bond acceptors (Lipinski definition) is 3. The molecule has 0 saturated heterocycles. The van der Waals surface area contributed by atoms with Crippen LogP contribution in [0.1, 0.15) is 15.9 Å². The van der Waals surface area contributed by atoms with Gasteiger partial charge in [0.1, 0.15) is 19.0 Å². The Morgan fingerprint density at radius 3 is 2.70 bits per heavy atom. The summed E-state index contributed by atoms with van der Waals surface area (Å²) >= 11 is 3.31. The topological polar surface area (TPSA) is 38.8 Å². The van der Waals surface area contributed by atoms with Gasteiger partial charge in [0.15, 0.2) is 11.5 Å². The maximum absolute atomic E-state index is 13.8. The first-order valence-electron chi connectivity index (χ1n) is 7.13. The second-order valence-corrected chi connectivity index (χ2v) is 6.17. The van der Waals surface area contributed by atoms with Crippen LogP contribution >= 0.6 is 15.9 Å². The highest BCUT2D eigenvalue weighted by Gasteiger charge is 2.18. The van der Waals surface area contributed by atoms with Crippen molar-refractivity contribution in [3.8, 4) is 11.5 Å². The summed E-state index contributed by atoms with van der Waals surface area (Å²) < 4.78 is 25.5. The van der Waals surface area contributed by atoms with Crippen LogP contribution in [0.3, 0.4) is 0 Å². The van der Waals surface area contributed by atoms with Crippen molar-refractivity contribution in [2.75, 3.05) is 20.3 Å². The van der Waals surface area contributed by atoms with Gasteiger partial charge in [-0.3, -0.25) is 4.79 Å². The predicted octanol–water partition coefficient (Wildman–Crippen LogP) is 3.63. The Morgan fingerprint density at radius 2 is 1.91 bits per heavy atom. The van der Waals surface area contributed by atoms with E-state index >= 15 is 0 Å². The van der Waals surface area contributed by atoms with Gasteiger partial charge in [-0.25, -0.2) is 4.39 Å². The number of benzene rings is 2. The lowest BCUT2D eigenvalue weighted by Gasteiger charge is -2.21. The Balaban J connectivity index is 1.78. The fourth-order valence-corrected chi connectivity index (χ4v) is 2.80. The minimum absolute atomic E-state index is 0.179.